The van der Waals surface area contributed by atoms with Crippen molar-refractivity contribution in [3.05, 3.63) is 23.8 Å². The molecule has 110 valence electrons. The molecule has 0 saturated carbocycles. The minimum Gasteiger partial charge on any atom is -0.493 e. The SMILES string of the molecule is CCCOc1ccc(/C=N\N=C(N)N)c(OCCC)c1. The third-order valence-corrected chi connectivity index (χ3v) is 2.29. The maximum atomic E-state index is 5.68. The van der Waals surface area contributed by atoms with Crippen LogP contribution in [0.4, 0.5) is 0 Å². The summed E-state index contributed by atoms with van der Waals surface area (Å²) < 4.78 is 11.3. The van der Waals surface area contributed by atoms with Crippen LogP contribution in [0.25, 0.3) is 0 Å². The molecule has 0 heterocycles. The third kappa shape index (κ3) is 5.60. The molecule has 0 aliphatic rings. The fourth-order valence-corrected chi connectivity index (χ4v) is 1.43. The number of nitrogens with two attached hydrogens (primary N) is 2. The highest BCUT2D eigenvalue weighted by molar-refractivity contribution is 5.85. The molecule has 0 aromatic heterocycles. The summed E-state index contributed by atoms with van der Waals surface area (Å²) >= 11 is 0. The zero-order valence-electron chi connectivity index (χ0n) is 12.0. The molecule has 0 saturated heterocycles. The van der Waals surface area contributed by atoms with Crippen molar-refractivity contribution < 1.29 is 9.47 Å². The molecule has 1 aromatic carbocycles. The molecular weight excluding hydrogens is 256 g/mol. The topological polar surface area (TPSA) is 95.2 Å². The summed E-state index contributed by atoms with van der Waals surface area (Å²) in [5.74, 6) is 1.40. The van der Waals surface area contributed by atoms with E-state index >= 15 is 0 Å². The average Bonchev–Trinajstić information content (AvgIpc) is 2.44. The monoisotopic (exact) mass is 278 g/mol. The van der Waals surface area contributed by atoms with E-state index in [0.717, 1.165) is 24.2 Å². The summed E-state index contributed by atoms with van der Waals surface area (Å²) in [7, 11) is 0. The second-order valence-electron chi connectivity index (χ2n) is 4.17. The molecule has 0 unspecified atom stereocenters. The quantitative estimate of drug-likeness (QED) is 0.431. The standard InChI is InChI=1S/C14H22N4O2/c1-3-7-19-12-6-5-11(10-17-18-14(15)16)13(9-12)20-8-4-2/h5-6,9-10H,3-4,7-8H2,1-2H3,(H4,15,16,18)/b17-10-. The summed E-state index contributed by atoms with van der Waals surface area (Å²) in [6.07, 6.45) is 3.43. The summed E-state index contributed by atoms with van der Waals surface area (Å²) in [4.78, 5) is 0. The number of hydrogen-bond acceptors (Lipinski definition) is 4. The maximum absolute atomic E-state index is 5.68. The highest BCUT2D eigenvalue weighted by Gasteiger charge is 2.04. The van der Waals surface area contributed by atoms with Gasteiger partial charge in [-0.2, -0.15) is 5.10 Å². The van der Waals surface area contributed by atoms with Crippen molar-refractivity contribution in [2.75, 3.05) is 13.2 Å². The smallest absolute Gasteiger partial charge is 0.211 e. The van der Waals surface area contributed by atoms with Crippen LogP contribution < -0.4 is 20.9 Å². The van der Waals surface area contributed by atoms with Gasteiger partial charge in [0.2, 0.25) is 5.96 Å². The predicted molar refractivity (Wildman–Crippen MR) is 81.4 cm³/mol. The number of ether oxygens (including phenoxy) is 2. The van der Waals surface area contributed by atoms with Gasteiger partial charge >= 0.3 is 0 Å². The van der Waals surface area contributed by atoms with E-state index in [9.17, 15) is 0 Å². The molecule has 0 aliphatic heterocycles. The van der Waals surface area contributed by atoms with E-state index in [1.165, 1.54) is 0 Å². The van der Waals surface area contributed by atoms with Gasteiger partial charge < -0.3 is 20.9 Å². The summed E-state index contributed by atoms with van der Waals surface area (Å²) in [5.41, 5.74) is 11.2. The Morgan fingerprint density at radius 2 is 1.85 bits per heavy atom. The number of guanidine groups is 1. The Bertz CT molecular complexity index is 468. The summed E-state index contributed by atoms with van der Waals surface area (Å²) in [5, 5.41) is 7.36. The lowest BCUT2D eigenvalue weighted by Crippen LogP contribution is -2.21. The summed E-state index contributed by atoms with van der Waals surface area (Å²) in [6, 6.07) is 5.58. The molecule has 0 fully saturated rings. The van der Waals surface area contributed by atoms with Gasteiger partial charge in [-0.25, -0.2) is 0 Å². The molecule has 0 bridgehead atoms. The van der Waals surface area contributed by atoms with Crippen LogP contribution >= 0.6 is 0 Å². The normalized spacial score (nSPS) is 10.5. The van der Waals surface area contributed by atoms with Gasteiger partial charge in [0.1, 0.15) is 11.5 Å². The molecule has 0 radical (unpaired) electrons. The zero-order valence-corrected chi connectivity index (χ0v) is 12.0. The van der Waals surface area contributed by atoms with Gasteiger partial charge in [-0.3, -0.25) is 0 Å². The van der Waals surface area contributed by atoms with E-state index in [0.29, 0.717) is 19.0 Å². The Balaban J connectivity index is 2.90. The second-order valence-corrected chi connectivity index (χ2v) is 4.17. The lowest BCUT2D eigenvalue weighted by Gasteiger charge is -2.11. The van der Waals surface area contributed by atoms with Gasteiger partial charge in [-0.1, -0.05) is 13.8 Å². The van der Waals surface area contributed by atoms with E-state index in [4.69, 9.17) is 20.9 Å². The Kier molecular flexibility index (Phi) is 6.95. The molecule has 0 amide bonds. The van der Waals surface area contributed by atoms with Crippen molar-refractivity contribution in [3.63, 3.8) is 0 Å². The predicted octanol–water partition coefficient (Wildman–Crippen LogP) is 1.87. The first-order valence-electron chi connectivity index (χ1n) is 6.69. The summed E-state index contributed by atoms with van der Waals surface area (Å²) in [6.45, 7) is 5.41. The minimum atomic E-state index is -0.0832. The van der Waals surface area contributed by atoms with Crippen LogP contribution in [0.15, 0.2) is 28.4 Å². The number of rotatable bonds is 8. The average molecular weight is 278 g/mol. The van der Waals surface area contributed by atoms with E-state index in [1.807, 2.05) is 25.1 Å². The Labute approximate surface area is 119 Å². The zero-order chi connectivity index (χ0) is 14.8. The van der Waals surface area contributed by atoms with E-state index in [-0.39, 0.29) is 5.96 Å². The molecule has 0 atom stereocenters. The second kappa shape index (κ2) is 8.79. The lowest BCUT2D eigenvalue weighted by molar-refractivity contribution is 0.301. The Hall–Kier alpha value is -2.24. The first-order valence-corrected chi connectivity index (χ1v) is 6.69. The van der Waals surface area contributed by atoms with Gasteiger partial charge in [0, 0.05) is 11.6 Å². The molecule has 4 N–H and O–H groups in total. The molecule has 20 heavy (non-hydrogen) atoms. The van der Waals surface area contributed by atoms with Crippen LogP contribution in [-0.2, 0) is 0 Å². The first kappa shape index (κ1) is 15.8. The molecule has 1 aromatic rings. The van der Waals surface area contributed by atoms with Crippen LogP contribution in [-0.4, -0.2) is 25.4 Å². The van der Waals surface area contributed by atoms with Crippen molar-refractivity contribution in [3.8, 4) is 11.5 Å². The number of hydrogen-bond donors (Lipinski definition) is 2. The van der Waals surface area contributed by atoms with Gasteiger partial charge in [-0.15, -0.1) is 5.10 Å². The number of nitrogens with zero attached hydrogens (tertiary/aromatic N) is 2. The van der Waals surface area contributed by atoms with Crippen LogP contribution in [0, 0.1) is 0 Å². The first-order chi connectivity index (χ1) is 9.67. The highest BCUT2D eigenvalue weighted by Crippen LogP contribution is 2.24. The Morgan fingerprint density at radius 3 is 2.50 bits per heavy atom. The largest absolute Gasteiger partial charge is 0.493 e. The number of benzene rings is 1. The highest BCUT2D eigenvalue weighted by atomic mass is 16.5. The van der Waals surface area contributed by atoms with Gasteiger partial charge in [0.05, 0.1) is 19.4 Å². The molecule has 1 rings (SSSR count). The molecule has 0 aliphatic carbocycles. The minimum absolute atomic E-state index is 0.0832. The van der Waals surface area contributed by atoms with Crippen LogP contribution in [0.5, 0.6) is 11.5 Å². The fraction of sp³-hybridized carbons (Fsp3) is 0.429. The van der Waals surface area contributed by atoms with Crippen LogP contribution in [0.3, 0.4) is 0 Å². The van der Waals surface area contributed by atoms with Crippen molar-refractivity contribution in [2.24, 2.45) is 21.7 Å². The van der Waals surface area contributed by atoms with E-state index in [2.05, 4.69) is 17.1 Å². The van der Waals surface area contributed by atoms with Crippen LogP contribution in [0.1, 0.15) is 32.3 Å². The van der Waals surface area contributed by atoms with Gasteiger partial charge in [-0.05, 0) is 25.0 Å². The maximum Gasteiger partial charge on any atom is 0.211 e. The molecule has 6 nitrogen and oxygen atoms in total. The van der Waals surface area contributed by atoms with Crippen molar-refractivity contribution in [1.29, 1.82) is 0 Å². The lowest BCUT2D eigenvalue weighted by atomic mass is 10.2. The van der Waals surface area contributed by atoms with Crippen molar-refractivity contribution >= 4 is 12.2 Å². The van der Waals surface area contributed by atoms with Gasteiger partial charge in [0.25, 0.3) is 0 Å². The van der Waals surface area contributed by atoms with Crippen molar-refractivity contribution in [2.45, 2.75) is 26.7 Å². The van der Waals surface area contributed by atoms with Crippen LogP contribution in [0.2, 0.25) is 0 Å². The molecule has 0 spiro atoms. The fourth-order valence-electron chi connectivity index (χ4n) is 1.43. The van der Waals surface area contributed by atoms with Crippen molar-refractivity contribution in [1.82, 2.24) is 0 Å². The Morgan fingerprint density at radius 1 is 1.15 bits per heavy atom. The molecular formula is C14H22N4O2. The van der Waals surface area contributed by atoms with E-state index < -0.39 is 0 Å². The van der Waals surface area contributed by atoms with E-state index in [1.54, 1.807) is 6.21 Å². The molecule has 6 heteroatoms. The third-order valence-electron chi connectivity index (χ3n) is 2.29. The van der Waals surface area contributed by atoms with Gasteiger partial charge in [0.15, 0.2) is 0 Å².